The molecule has 0 unspecified atom stereocenters. The minimum Gasteiger partial charge on any atom is -0.321 e. The minimum absolute atomic E-state index is 0.0765. The summed E-state index contributed by atoms with van der Waals surface area (Å²) >= 11 is 1.54. The molecule has 1 aromatic carbocycles. The average molecular weight is 435 g/mol. The van der Waals surface area contributed by atoms with Gasteiger partial charge in [0, 0.05) is 17.7 Å². The van der Waals surface area contributed by atoms with E-state index in [1.54, 1.807) is 0 Å². The van der Waals surface area contributed by atoms with Crippen LogP contribution in [0.15, 0.2) is 47.3 Å². The maximum atomic E-state index is 12.9. The van der Waals surface area contributed by atoms with E-state index in [0.717, 1.165) is 51.5 Å². The highest BCUT2D eigenvalue weighted by atomic mass is 32.1. The molecule has 0 spiro atoms. The van der Waals surface area contributed by atoms with E-state index < -0.39 is 0 Å². The molecule has 0 fully saturated rings. The van der Waals surface area contributed by atoms with Crippen LogP contribution in [-0.4, -0.2) is 16.3 Å². The quantitative estimate of drug-likeness (QED) is 0.355. The number of rotatable bonds is 7. The summed E-state index contributed by atoms with van der Waals surface area (Å²) in [6.07, 6.45) is 5.15. The van der Waals surface area contributed by atoms with Crippen molar-refractivity contribution in [2.45, 2.75) is 59.3 Å². The van der Waals surface area contributed by atoms with Gasteiger partial charge in [-0.05, 0) is 55.4 Å². The van der Waals surface area contributed by atoms with Crippen molar-refractivity contribution < 1.29 is 4.79 Å². The third-order valence-electron chi connectivity index (χ3n) is 5.28. The molecular weight excluding hydrogens is 404 g/mol. The molecular formula is C26H30N2O2S. The fourth-order valence-corrected chi connectivity index (χ4v) is 4.51. The largest absolute Gasteiger partial charge is 0.321 e. The number of H-pyrrole nitrogens is 1. The Kier molecular flexibility index (Phi) is 7.06. The van der Waals surface area contributed by atoms with Crippen molar-refractivity contribution in [2.75, 3.05) is 0 Å². The molecule has 0 aliphatic carbocycles. The van der Waals surface area contributed by atoms with Crippen molar-refractivity contribution in [1.82, 2.24) is 9.97 Å². The Bertz CT molecular complexity index is 1150. The second-order valence-corrected chi connectivity index (χ2v) is 10.0. The van der Waals surface area contributed by atoms with Gasteiger partial charge in [-0.25, -0.2) is 4.98 Å². The molecule has 3 aromatic rings. The molecule has 0 saturated heterocycles. The van der Waals surface area contributed by atoms with Crippen molar-refractivity contribution in [1.29, 1.82) is 0 Å². The van der Waals surface area contributed by atoms with Gasteiger partial charge in [0.2, 0.25) is 0 Å². The molecule has 0 saturated carbocycles. The van der Waals surface area contributed by atoms with Crippen LogP contribution in [0, 0.1) is 13.8 Å². The normalized spacial score (nSPS) is 12.2. The Labute approximate surface area is 188 Å². The van der Waals surface area contributed by atoms with Crippen LogP contribution in [-0.2, 0) is 10.2 Å². The van der Waals surface area contributed by atoms with Crippen molar-refractivity contribution in [3.63, 3.8) is 0 Å². The predicted octanol–water partition coefficient (Wildman–Crippen LogP) is 6.21. The minimum atomic E-state index is -0.116. The van der Waals surface area contributed by atoms with E-state index in [2.05, 4.69) is 61.1 Å². The average Bonchev–Trinajstić information content (AvgIpc) is 3.05. The van der Waals surface area contributed by atoms with E-state index in [0.29, 0.717) is 12.0 Å². The van der Waals surface area contributed by atoms with E-state index in [9.17, 15) is 9.59 Å². The molecule has 2 aromatic heterocycles. The number of thiazole rings is 1. The zero-order chi connectivity index (χ0) is 22.6. The third-order valence-corrected chi connectivity index (χ3v) is 6.39. The molecule has 0 aliphatic heterocycles. The molecule has 2 heterocycles. The van der Waals surface area contributed by atoms with E-state index in [4.69, 9.17) is 0 Å². The molecule has 0 bridgehead atoms. The number of unbranched alkanes of at least 4 members (excludes halogenated alkanes) is 2. The number of carbonyl (C=O) groups excluding carboxylic acids is 1. The molecule has 4 nitrogen and oxygen atoms in total. The van der Waals surface area contributed by atoms with Gasteiger partial charge >= 0.3 is 0 Å². The second-order valence-electron chi connectivity index (χ2n) is 8.80. The van der Waals surface area contributed by atoms with Gasteiger partial charge in [0.1, 0.15) is 6.29 Å². The summed E-state index contributed by atoms with van der Waals surface area (Å²) in [7, 11) is 0. The molecule has 5 heteroatoms. The number of aldehydes is 1. The first kappa shape index (κ1) is 22.9. The van der Waals surface area contributed by atoms with Gasteiger partial charge in [0.05, 0.1) is 21.1 Å². The standard InChI is InChI=1S/C26H30N2O2S/c1-17-24(31-18(2)27-17)22-14-15-23(28-25(22)30)21(9-7-6-8-16-29)19-10-12-20(13-11-19)26(3,4)5/h9-16H,6-8H2,1-5H3,(H,28,30)/b21-9+. The summed E-state index contributed by atoms with van der Waals surface area (Å²) in [6, 6.07) is 12.4. The fraction of sp³-hybridized carbons (Fsp3) is 0.346. The number of nitrogens with one attached hydrogen (secondary N) is 1. The van der Waals surface area contributed by atoms with Crippen LogP contribution in [0.5, 0.6) is 0 Å². The molecule has 3 rings (SSSR count). The number of carbonyl (C=O) groups is 1. The van der Waals surface area contributed by atoms with Crippen LogP contribution in [0.25, 0.3) is 16.0 Å². The summed E-state index contributed by atoms with van der Waals surface area (Å²) in [5.41, 5.74) is 5.55. The second kappa shape index (κ2) is 9.56. The number of pyridine rings is 1. The van der Waals surface area contributed by atoms with E-state index in [1.807, 2.05) is 26.0 Å². The van der Waals surface area contributed by atoms with Crippen LogP contribution < -0.4 is 5.56 Å². The van der Waals surface area contributed by atoms with Gasteiger partial charge in [0.25, 0.3) is 5.56 Å². The summed E-state index contributed by atoms with van der Waals surface area (Å²) in [5.74, 6) is 0. The lowest BCUT2D eigenvalue weighted by molar-refractivity contribution is -0.107. The first-order chi connectivity index (χ1) is 14.7. The van der Waals surface area contributed by atoms with Crippen molar-refractivity contribution in [3.05, 3.63) is 80.4 Å². The molecule has 0 amide bonds. The lowest BCUT2D eigenvalue weighted by Crippen LogP contribution is -2.12. The topological polar surface area (TPSA) is 62.8 Å². The summed E-state index contributed by atoms with van der Waals surface area (Å²) < 4.78 is 0. The van der Waals surface area contributed by atoms with Crippen LogP contribution in [0.2, 0.25) is 0 Å². The molecule has 162 valence electrons. The first-order valence-corrected chi connectivity index (χ1v) is 11.4. The van der Waals surface area contributed by atoms with Crippen molar-refractivity contribution >= 4 is 23.2 Å². The number of hydrogen-bond acceptors (Lipinski definition) is 4. The number of aryl methyl sites for hydroxylation is 2. The van der Waals surface area contributed by atoms with Crippen LogP contribution >= 0.6 is 11.3 Å². The van der Waals surface area contributed by atoms with Crippen LogP contribution in [0.3, 0.4) is 0 Å². The maximum Gasteiger partial charge on any atom is 0.257 e. The summed E-state index contributed by atoms with van der Waals surface area (Å²) in [5, 5.41) is 0.950. The molecule has 0 atom stereocenters. The third kappa shape index (κ3) is 5.47. The number of aromatic amines is 1. The number of aromatic nitrogens is 2. The van der Waals surface area contributed by atoms with Gasteiger partial charge in [-0.2, -0.15) is 0 Å². The highest BCUT2D eigenvalue weighted by Gasteiger charge is 2.16. The van der Waals surface area contributed by atoms with Gasteiger partial charge in [0.15, 0.2) is 0 Å². The Balaban J connectivity index is 2.01. The number of nitrogens with zero attached hydrogens (tertiary/aromatic N) is 1. The van der Waals surface area contributed by atoms with Crippen molar-refractivity contribution in [2.24, 2.45) is 0 Å². The number of hydrogen-bond donors (Lipinski definition) is 1. The van der Waals surface area contributed by atoms with Gasteiger partial charge in [-0.3, -0.25) is 4.79 Å². The summed E-state index contributed by atoms with van der Waals surface area (Å²) in [6.45, 7) is 10.5. The fourth-order valence-electron chi connectivity index (χ4n) is 3.57. The van der Waals surface area contributed by atoms with Crippen molar-refractivity contribution in [3.8, 4) is 10.4 Å². The van der Waals surface area contributed by atoms with Gasteiger partial charge in [-0.15, -0.1) is 11.3 Å². The maximum absolute atomic E-state index is 12.9. The Morgan fingerprint density at radius 1 is 1.06 bits per heavy atom. The van der Waals surface area contributed by atoms with Crippen LogP contribution in [0.4, 0.5) is 0 Å². The van der Waals surface area contributed by atoms with E-state index in [-0.39, 0.29) is 11.0 Å². The van der Waals surface area contributed by atoms with Crippen LogP contribution in [0.1, 0.15) is 67.6 Å². The molecule has 0 radical (unpaired) electrons. The monoisotopic (exact) mass is 434 g/mol. The number of benzene rings is 1. The lowest BCUT2D eigenvalue weighted by atomic mass is 9.86. The SMILES string of the molecule is Cc1nc(C)c(-c2ccc(/C(=C/CCCC=O)c3ccc(C(C)(C)C)cc3)[nH]c2=O)s1. The highest BCUT2D eigenvalue weighted by molar-refractivity contribution is 7.15. The Morgan fingerprint density at radius 3 is 2.32 bits per heavy atom. The zero-order valence-electron chi connectivity index (χ0n) is 18.9. The molecule has 1 N–H and O–H groups in total. The molecule has 0 aliphatic rings. The highest BCUT2D eigenvalue weighted by Crippen LogP contribution is 2.30. The number of allylic oxidation sites excluding steroid dienone is 1. The van der Waals surface area contributed by atoms with Gasteiger partial charge < -0.3 is 9.78 Å². The zero-order valence-corrected chi connectivity index (χ0v) is 19.7. The first-order valence-electron chi connectivity index (χ1n) is 10.6. The summed E-state index contributed by atoms with van der Waals surface area (Å²) in [4.78, 5) is 32.1. The molecule has 31 heavy (non-hydrogen) atoms. The van der Waals surface area contributed by atoms with E-state index in [1.165, 1.54) is 16.9 Å². The van der Waals surface area contributed by atoms with E-state index >= 15 is 0 Å². The Hall–Kier alpha value is -2.79. The smallest absolute Gasteiger partial charge is 0.257 e. The predicted molar refractivity (Wildman–Crippen MR) is 130 cm³/mol. The lowest BCUT2D eigenvalue weighted by Gasteiger charge is -2.19. The van der Waals surface area contributed by atoms with Gasteiger partial charge in [-0.1, -0.05) is 51.1 Å². The Morgan fingerprint density at radius 2 is 1.77 bits per heavy atom.